The summed E-state index contributed by atoms with van der Waals surface area (Å²) in [5.74, 6) is -0.762. The standard InChI is InChI=1S/C15H17NO7S/c1-21-9-4-5-11(22-2)10(8-9)14-12(17)13(18)15(23-14)16-6-3-7-24(16,19)20/h4-5,8,17-18H,3,6-7H2,1-2H3. The monoisotopic (exact) mass is 355 g/mol. The number of methoxy groups -OCH3 is 2. The molecule has 0 atom stereocenters. The lowest BCUT2D eigenvalue weighted by molar-refractivity contribution is 0.400. The van der Waals surface area contributed by atoms with Crippen molar-refractivity contribution in [2.45, 2.75) is 6.42 Å². The molecule has 0 bridgehead atoms. The molecular formula is C15H17NO7S. The predicted molar refractivity (Wildman–Crippen MR) is 86.3 cm³/mol. The Morgan fingerprint density at radius 1 is 1.17 bits per heavy atom. The highest BCUT2D eigenvalue weighted by Crippen LogP contribution is 2.50. The van der Waals surface area contributed by atoms with Crippen molar-refractivity contribution in [1.29, 1.82) is 0 Å². The van der Waals surface area contributed by atoms with Crippen molar-refractivity contribution in [2.75, 3.05) is 30.8 Å². The maximum Gasteiger partial charge on any atom is 0.256 e. The first-order valence-electron chi connectivity index (χ1n) is 7.16. The lowest BCUT2D eigenvalue weighted by Crippen LogP contribution is -2.24. The van der Waals surface area contributed by atoms with Gasteiger partial charge in [-0.05, 0) is 24.6 Å². The van der Waals surface area contributed by atoms with Gasteiger partial charge in [0.15, 0.2) is 5.76 Å². The fraction of sp³-hybridized carbons (Fsp3) is 0.333. The Bertz CT molecular complexity index is 872. The van der Waals surface area contributed by atoms with E-state index >= 15 is 0 Å². The van der Waals surface area contributed by atoms with E-state index < -0.39 is 21.5 Å². The molecule has 0 unspecified atom stereocenters. The molecule has 1 aliphatic heterocycles. The molecule has 1 aromatic heterocycles. The normalized spacial score (nSPS) is 16.3. The number of sulfonamides is 1. The van der Waals surface area contributed by atoms with Gasteiger partial charge in [-0.25, -0.2) is 12.7 Å². The Morgan fingerprint density at radius 3 is 2.50 bits per heavy atom. The van der Waals surface area contributed by atoms with E-state index in [1.807, 2.05) is 0 Å². The van der Waals surface area contributed by atoms with Crippen molar-refractivity contribution in [2.24, 2.45) is 0 Å². The van der Waals surface area contributed by atoms with Gasteiger partial charge in [-0.15, -0.1) is 0 Å². The van der Waals surface area contributed by atoms with Crippen LogP contribution in [0.5, 0.6) is 23.0 Å². The molecule has 1 fully saturated rings. The molecule has 3 rings (SSSR count). The first kappa shape index (κ1) is 16.3. The Balaban J connectivity index is 2.16. The van der Waals surface area contributed by atoms with E-state index in [9.17, 15) is 18.6 Å². The SMILES string of the molecule is COc1ccc(OC)c(-c2oc(N3CCCS3(=O)=O)c(O)c2O)c1. The zero-order valence-electron chi connectivity index (χ0n) is 13.1. The van der Waals surface area contributed by atoms with Crippen molar-refractivity contribution < 1.29 is 32.5 Å². The Labute approximate surface area is 138 Å². The third-order valence-corrected chi connectivity index (χ3v) is 5.64. The summed E-state index contributed by atoms with van der Waals surface area (Å²) in [5, 5.41) is 20.4. The van der Waals surface area contributed by atoms with Crippen LogP contribution in [-0.4, -0.2) is 45.1 Å². The summed E-state index contributed by atoms with van der Waals surface area (Å²) in [6, 6.07) is 4.83. The predicted octanol–water partition coefficient (Wildman–Crippen LogP) is 1.91. The molecule has 0 amide bonds. The van der Waals surface area contributed by atoms with Crippen molar-refractivity contribution in [3.8, 4) is 34.3 Å². The van der Waals surface area contributed by atoms with Crippen LogP contribution < -0.4 is 13.8 Å². The zero-order chi connectivity index (χ0) is 17.5. The number of ether oxygens (including phenoxy) is 2. The Morgan fingerprint density at radius 2 is 1.92 bits per heavy atom. The van der Waals surface area contributed by atoms with Gasteiger partial charge in [0, 0.05) is 6.54 Å². The average molecular weight is 355 g/mol. The molecule has 2 aromatic rings. The van der Waals surface area contributed by atoms with Crippen LogP contribution in [0.1, 0.15) is 6.42 Å². The number of aromatic hydroxyl groups is 2. The van der Waals surface area contributed by atoms with Gasteiger partial charge in [0.2, 0.25) is 21.5 Å². The molecular weight excluding hydrogens is 338 g/mol. The van der Waals surface area contributed by atoms with Crippen LogP contribution in [0, 0.1) is 0 Å². The van der Waals surface area contributed by atoms with Crippen molar-refractivity contribution in [3.05, 3.63) is 18.2 Å². The molecule has 0 saturated carbocycles. The second-order valence-corrected chi connectivity index (χ2v) is 7.25. The summed E-state index contributed by atoms with van der Waals surface area (Å²) in [7, 11) is -0.643. The van der Waals surface area contributed by atoms with Gasteiger partial charge in [0.05, 0.1) is 25.5 Å². The summed E-state index contributed by atoms with van der Waals surface area (Å²) < 4.78 is 40.9. The molecule has 2 N–H and O–H groups in total. The van der Waals surface area contributed by atoms with Crippen LogP contribution in [0.2, 0.25) is 0 Å². The van der Waals surface area contributed by atoms with Crippen molar-refractivity contribution >= 4 is 15.9 Å². The second-order valence-electron chi connectivity index (χ2n) is 5.24. The highest BCUT2D eigenvalue weighted by Gasteiger charge is 2.36. The number of anilines is 1. The van der Waals surface area contributed by atoms with E-state index in [0.29, 0.717) is 23.5 Å². The van der Waals surface area contributed by atoms with E-state index in [4.69, 9.17) is 13.9 Å². The number of furan rings is 1. The van der Waals surface area contributed by atoms with E-state index in [-0.39, 0.29) is 23.9 Å². The summed E-state index contributed by atoms with van der Waals surface area (Å²) in [4.78, 5) is 0. The third-order valence-electron chi connectivity index (χ3n) is 3.82. The van der Waals surface area contributed by atoms with Crippen LogP contribution in [0.4, 0.5) is 5.88 Å². The van der Waals surface area contributed by atoms with Crippen LogP contribution in [0.15, 0.2) is 22.6 Å². The fourth-order valence-electron chi connectivity index (χ4n) is 2.61. The van der Waals surface area contributed by atoms with E-state index in [2.05, 4.69) is 0 Å². The summed E-state index contributed by atoms with van der Waals surface area (Å²) in [6.45, 7) is 0.178. The minimum absolute atomic E-state index is 0.0360. The number of hydrogen-bond donors (Lipinski definition) is 2. The Kier molecular flexibility index (Phi) is 3.96. The topological polar surface area (TPSA) is 109 Å². The first-order chi connectivity index (χ1) is 11.4. The van der Waals surface area contributed by atoms with Gasteiger partial charge in [0.1, 0.15) is 11.5 Å². The lowest BCUT2D eigenvalue weighted by atomic mass is 10.1. The van der Waals surface area contributed by atoms with Gasteiger partial charge in [-0.2, -0.15) is 0 Å². The third kappa shape index (κ3) is 2.50. The average Bonchev–Trinajstić information content (AvgIpc) is 3.06. The van der Waals surface area contributed by atoms with E-state index in [0.717, 1.165) is 4.31 Å². The molecule has 0 spiro atoms. The number of hydrogen-bond acceptors (Lipinski definition) is 7. The highest BCUT2D eigenvalue weighted by atomic mass is 32.2. The summed E-state index contributed by atoms with van der Waals surface area (Å²) >= 11 is 0. The largest absolute Gasteiger partial charge is 0.502 e. The molecule has 2 heterocycles. The summed E-state index contributed by atoms with van der Waals surface area (Å²) in [5.41, 5.74) is 0.326. The number of rotatable bonds is 4. The molecule has 24 heavy (non-hydrogen) atoms. The maximum atomic E-state index is 12.0. The number of benzene rings is 1. The molecule has 8 nitrogen and oxygen atoms in total. The lowest BCUT2D eigenvalue weighted by Gasteiger charge is -2.13. The maximum absolute atomic E-state index is 12.0. The second kappa shape index (κ2) is 5.82. The summed E-state index contributed by atoms with van der Waals surface area (Å²) in [6.07, 6.45) is 0.418. The fourth-order valence-corrected chi connectivity index (χ4v) is 4.11. The minimum atomic E-state index is -3.56. The molecule has 9 heteroatoms. The van der Waals surface area contributed by atoms with Gasteiger partial charge >= 0.3 is 0 Å². The van der Waals surface area contributed by atoms with Crippen molar-refractivity contribution in [1.82, 2.24) is 0 Å². The van der Waals surface area contributed by atoms with E-state index in [1.165, 1.54) is 14.2 Å². The van der Waals surface area contributed by atoms with Crippen molar-refractivity contribution in [3.63, 3.8) is 0 Å². The molecule has 0 aliphatic carbocycles. The van der Waals surface area contributed by atoms with Gasteiger partial charge < -0.3 is 24.1 Å². The van der Waals surface area contributed by atoms with Gasteiger partial charge in [-0.3, -0.25) is 0 Å². The zero-order valence-corrected chi connectivity index (χ0v) is 14.0. The Hall–Kier alpha value is -2.55. The van der Waals surface area contributed by atoms with E-state index in [1.54, 1.807) is 18.2 Å². The molecule has 1 aromatic carbocycles. The van der Waals surface area contributed by atoms with Crippen LogP contribution in [0.25, 0.3) is 11.3 Å². The van der Waals surface area contributed by atoms with Gasteiger partial charge in [-0.1, -0.05) is 0 Å². The minimum Gasteiger partial charge on any atom is -0.502 e. The van der Waals surface area contributed by atoms with Crippen LogP contribution in [-0.2, 0) is 10.0 Å². The number of nitrogens with zero attached hydrogens (tertiary/aromatic N) is 1. The quantitative estimate of drug-likeness (QED) is 0.862. The van der Waals surface area contributed by atoms with Crippen LogP contribution in [0.3, 0.4) is 0 Å². The molecule has 1 aliphatic rings. The molecule has 0 radical (unpaired) electrons. The molecule has 1 saturated heterocycles. The van der Waals surface area contributed by atoms with Gasteiger partial charge in [0.25, 0.3) is 5.88 Å². The smallest absolute Gasteiger partial charge is 0.256 e. The molecule has 130 valence electrons. The highest BCUT2D eigenvalue weighted by molar-refractivity contribution is 7.93. The van der Waals surface area contributed by atoms with Crippen LogP contribution >= 0.6 is 0 Å². The first-order valence-corrected chi connectivity index (χ1v) is 8.77.